The summed E-state index contributed by atoms with van der Waals surface area (Å²) >= 11 is 0. The van der Waals surface area contributed by atoms with Crippen LogP contribution in [0.5, 0.6) is 0 Å². The molecule has 1 aromatic heterocycles. The zero-order valence-corrected chi connectivity index (χ0v) is 8.32. The molecule has 0 fully saturated rings. The topological polar surface area (TPSA) is 71.8 Å². The Morgan fingerprint density at radius 1 is 1.27 bits per heavy atom. The largest absolute Gasteiger partial charge is 0.392 e. The molecule has 0 amide bonds. The standard InChI is InChI=1S/C11H11N3O/c1-7-2-4-8(5-3-7)10-9(12)11(15)14-6-13-10/h2-6H,12H2,1H3,(H,13,14,15). The summed E-state index contributed by atoms with van der Waals surface area (Å²) in [6, 6.07) is 7.70. The van der Waals surface area contributed by atoms with E-state index in [-0.39, 0.29) is 11.2 Å². The van der Waals surface area contributed by atoms with Crippen LogP contribution in [0.3, 0.4) is 0 Å². The van der Waals surface area contributed by atoms with Gasteiger partial charge in [-0.15, -0.1) is 0 Å². The van der Waals surface area contributed by atoms with Crippen molar-refractivity contribution in [1.29, 1.82) is 0 Å². The minimum Gasteiger partial charge on any atom is -0.392 e. The Labute approximate surface area is 86.8 Å². The predicted molar refractivity (Wildman–Crippen MR) is 59.4 cm³/mol. The Hall–Kier alpha value is -2.10. The van der Waals surface area contributed by atoms with E-state index in [4.69, 9.17) is 5.73 Å². The lowest BCUT2D eigenvalue weighted by molar-refractivity contribution is 1.13. The first-order chi connectivity index (χ1) is 7.18. The van der Waals surface area contributed by atoms with Crippen molar-refractivity contribution in [2.75, 3.05) is 5.73 Å². The quantitative estimate of drug-likeness (QED) is 0.731. The van der Waals surface area contributed by atoms with Crippen LogP contribution in [0.2, 0.25) is 0 Å². The molecule has 3 N–H and O–H groups in total. The van der Waals surface area contributed by atoms with Crippen molar-refractivity contribution < 1.29 is 0 Å². The van der Waals surface area contributed by atoms with Gasteiger partial charge in [0.25, 0.3) is 5.56 Å². The second-order valence-corrected chi connectivity index (χ2v) is 3.36. The molecule has 0 aliphatic rings. The molecular weight excluding hydrogens is 190 g/mol. The van der Waals surface area contributed by atoms with E-state index in [0.29, 0.717) is 5.69 Å². The Balaban J connectivity index is 2.59. The van der Waals surface area contributed by atoms with Gasteiger partial charge in [-0.3, -0.25) is 4.79 Å². The average molecular weight is 201 g/mol. The molecule has 0 unspecified atom stereocenters. The van der Waals surface area contributed by atoms with E-state index in [0.717, 1.165) is 11.1 Å². The number of H-pyrrole nitrogens is 1. The van der Waals surface area contributed by atoms with E-state index in [1.165, 1.54) is 6.33 Å². The number of nitrogens with two attached hydrogens (primary N) is 1. The first-order valence-electron chi connectivity index (χ1n) is 4.58. The fourth-order valence-corrected chi connectivity index (χ4v) is 1.35. The minimum atomic E-state index is -0.305. The number of anilines is 1. The van der Waals surface area contributed by atoms with Crippen LogP contribution >= 0.6 is 0 Å². The SMILES string of the molecule is Cc1ccc(-c2nc[nH]c(=O)c2N)cc1. The summed E-state index contributed by atoms with van der Waals surface area (Å²) in [5.41, 5.74) is 8.03. The lowest BCUT2D eigenvalue weighted by atomic mass is 10.1. The third-order valence-corrected chi connectivity index (χ3v) is 2.21. The van der Waals surface area contributed by atoms with Crippen molar-refractivity contribution in [2.45, 2.75) is 6.92 Å². The molecule has 0 radical (unpaired) electrons. The van der Waals surface area contributed by atoms with Gasteiger partial charge in [0, 0.05) is 5.56 Å². The van der Waals surface area contributed by atoms with Crippen LogP contribution in [-0.4, -0.2) is 9.97 Å². The van der Waals surface area contributed by atoms with E-state index in [1.807, 2.05) is 31.2 Å². The smallest absolute Gasteiger partial charge is 0.274 e. The van der Waals surface area contributed by atoms with Crippen molar-refractivity contribution in [2.24, 2.45) is 0 Å². The molecule has 76 valence electrons. The summed E-state index contributed by atoms with van der Waals surface area (Å²) in [5.74, 6) is 0. The molecule has 2 aromatic rings. The number of aryl methyl sites for hydroxylation is 1. The second kappa shape index (κ2) is 3.57. The van der Waals surface area contributed by atoms with Crippen molar-refractivity contribution in [3.05, 3.63) is 46.5 Å². The van der Waals surface area contributed by atoms with Gasteiger partial charge in [-0.25, -0.2) is 4.98 Å². The summed E-state index contributed by atoms with van der Waals surface area (Å²) in [6.07, 6.45) is 1.36. The maximum Gasteiger partial charge on any atom is 0.274 e. The van der Waals surface area contributed by atoms with E-state index in [1.54, 1.807) is 0 Å². The highest BCUT2D eigenvalue weighted by Gasteiger charge is 2.06. The summed E-state index contributed by atoms with van der Waals surface area (Å²) in [6.45, 7) is 2.00. The summed E-state index contributed by atoms with van der Waals surface area (Å²) in [7, 11) is 0. The molecule has 0 bridgehead atoms. The summed E-state index contributed by atoms with van der Waals surface area (Å²) < 4.78 is 0. The van der Waals surface area contributed by atoms with Gasteiger partial charge in [-0.1, -0.05) is 29.8 Å². The Morgan fingerprint density at radius 3 is 2.60 bits per heavy atom. The first kappa shape index (κ1) is 9.45. The van der Waals surface area contributed by atoms with E-state index < -0.39 is 0 Å². The molecule has 2 rings (SSSR count). The minimum absolute atomic E-state index is 0.154. The zero-order chi connectivity index (χ0) is 10.8. The van der Waals surface area contributed by atoms with Crippen molar-refractivity contribution >= 4 is 5.69 Å². The number of aromatic amines is 1. The van der Waals surface area contributed by atoms with Crippen LogP contribution < -0.4 is 11.3 Å². The molecule has 0 saturated heterocycles. The summed E-state index contributed by atoms with van der Waals surface area (Å²) in [4.78, 5) is 17.7. The molecule has 4 nitrogen and oxygen atoms in total. The Kier molecular flexibility index (Phi) is 2.25. The van der Waals surface area contributed by atoms with Gasteiger partial charge in [0.1, 0.15) is 11.4 Å². The van der Waals surface area contributed by atoms with Crippen LogP contribution in [0.1, 0.15) is 5.56 Å². The van der Waals surface area contributed by atoms with Gasteiger partial charge in [0.2, 0.25) is 0 Å². The molecule has 15 heavy (non-hydrogen) atoms. The molecule has 0 aliphatic heterocycles. The summed E-state index contributed by atoms with van der Waals surface area (Å²) in [5, 5.41) is 0. The van der Waals surface area contributed by atoms with Gasteiger partial charge < -0.3 is 10.7 Å². The molecule has 0 spiro atoms. The number of nitrogens with zero attached hydrogens (tertiary/aromatic N) is 1. The highest BCUT2D eigenvalue weighted by Crippen LogP contribution is 2.19. The fraction of sp³-hybridized carbons (Fsp3) is 0.0909. The van der Waals surface area contributed by atoms with E-state index >= 15 is 0 Å². The van der Waals surface area contributed by atoms with E-state index in [2.05, 4.69) is 9.97 Å². The van der Waals surface area contributed by atoms with Crippen LogP contribution in [0.15, 0.2) is 35.4 Å². The number of nitrogens with one attached hydrogen (secondary N) is 1. The Bertz CT molecular complexity index is 528. The lowest BCUT2D eigenvalue weighted by Gasteiger charge is -2.03. The number of nitrogen functional groups attached to an aromatic ring is 1. The molecule has 0 atom stereocenters. The fourth-order valence-electron chi connectivity index (χ4n) is 1.35. The average Bonchev–Trinajstić information content (AvgIpc) is 2.24. The molecule has 1 heterocycles. The van der Waals surface area contributed by atoms with Crippen molar-refractivity contribution in [1.82, 2.24) is 9.97 Å². The number of rotatable bonds is 1. The Morgan fingerprint density at radius 2 is 1.93 bits per heavy atom. The number of benzene rings is 1. The monoisotopic (exact) mass is 201 g/mol. The third kappa shape index (κ3) is 1.74. The van der Waals surface area contributed by atoms with Crippen LogP contribution in [-0.2, 0) is 0 Å². The zero-order valence-electron chi connectivity index (χ0n) is 8.32. The van der Waals surface area contributed by atoms with Gasteiger partial charge >= 0.3 is 0 Å². The highest BCUT2D eigenvalue weighted by atomic mass is 16.1. The molecule has 1 aromatic carbocycles. The van der Waals surface area contributed by atoms with Gasteiger partial charge in [-0.05, 0) is 6.92 Å². The molecule has 4 heteroatoms. The normalized spacial score (nSPS) is 10.2. The number of hydrogen-bond acceptors (Lipinski definition) is 3. The third-order valence-electron chi connectivity index (χ3n) is 2.21. The van der Waals surface area contributed by atoms with Crippen molar-refractivity contribution in [3.63, 3.8) is 0 Å². The molecule has 0 saturated carbocycles. The maximum atomic E-state index is 11.3. The van der Waals surface area contributed by atoms with E-state index in [9.17, 15) is 4.79 Å². The highest BCUT2D eigenvalue weighted by molar-refractivity contribution is 5.71. The number of aromatic nitrogens is 2. The first-order valence-corrected chi connectivity index (χ1v) is 4.58. The van der Waals surface area contributed by atoms with Gasteiger partial charge in [0.15, 0.2) is 0 Å². The van der Waals surface area contributed by atoms with Crippen LogP contribution in [0.4, 0.5) is 5.69 Å². The second-order valence-electron chi connectivity index (χ2n) is 3.36. The predicted octanol–water partition coefficient (Wildman–Crippen LogP) is 1.33. The lowest BCUT2D eigenvalue weighted by Crippen LogP contribution is -2.13. The number of hydrogen-bond donors (Lipinski definition) is 2. The van der Waals surface area contributed by atoms with Crippen LogP contribution in [0.25, 0.3) is 11.3 Å². The van der Waals surface area contributed by atoms with Gasteiger partial charge in [-0.2, -0.15) is 0 Å². The maximum absolute atomic E-state index is 11.3. The van der Waals surface area contributed by atoms with Crippen molar-refractivity contribution in [3.8, 4) is 11.3 Å². The van der Waals surface area contributed by atoms with Gasteiger partial charge in [0.05, 0.1) is 6.33 Å². The van der Waals surface area contributed by atoms with Crippen LogP contribution in [0, 0.1) is 6.92 Å². The molecular formula is C11H11N3O. The molecule has 0 aliphatic carbocycles.